The van der Waals surface area contributed by atoms with E-state index < -0.39 is 17.1 Å². The van der Waals surface area contributed by atoms with Crippen LogP contribution in [0, 0.1) is 0 Å². The monoisotopic (exact) mass is 794 g/mol. The Kier molecular flexibility index (Phi) is 11.2. The highest BCUT2D eigenvalue weighted by Gasteiger charge is 2.24. The van der Waals surface area contributed by atoms with Crippen molar-refractivity contribution in [3.63, 3.8) is 0 Å². The maximum absolute atomic E-state index is 13.9. The van der Waals surface area contributed by atoms with E-state index >= 15 is 0 Å². The van der Waals surface area contributed by atoms with Gasteiger partial charge in [0.25, 0.3) is 11.8 Å². The number of rotatable bonds is 11. The van der Waals surface area contributed by atoms with Gasteiger partial charge in [-0.25, -0.2) is 4.98 Å². The molecule has 3 N–H and O–H groups in total. The maximum atomic E-state index is 13.9. The third kappa shape index (κ3) is 9.17. The van der Waals surface area contributed by atoms with Crippen molar-refractivity contribution in [1.29, 1.82) is 0 Å². The predicted molar refractivity (Wildman–Crippen MR) is 220 cm³/mol. The first-order valence-electron chi connectivity index (χ1n) is 16.6. The van der Waals surface area contributed by atoms with Gasteiger partial charge in [-0.3, -0.25) is 14.4 Å². The van der Waals surface area contributed by atoms with E-state index in [4.69, 9.17) is 4.98 Å². The normalized spacial score (nSPS) is 11.8. The van der Waals surface area contributed by atoms with Crippen LogP contribution in [0.25, 0.3) is 28.1 Å². The van der Waals surface area contributed by atoms with Gasteiger partial charge in [-0.1, -0.05) is 119 Å². The fourth-order valence-corrected chi connectivity index (χ4v) is 7.79. The van der Waals surface area contributed by atoms with Crippen LogP contribution in [0.2, 0.25) is 0 Å². The minimum Gasteiger partial charge on any atom is -0.321 e. The Morgan fingerprint density at radius 3 is 2.25 bits per heavy atom. The molecule has 53 heavy (non-hydrogen) atoms. The summed E-state index contributed by atoms with van der Waals surface area (Å²) >= 11 is 6.20. The SMILES string of the molecule is O=C(Nc1cccc(SC(C(=O)Nc2nc(-c3ccc4ccccc4c3)cs2)c2ccccc2)c1)/C(=C\c1cccc(Br)c1)NC(=O)c1ccccc1. The predicted octanol–water partition coefficient (Wildman–Crippen LogP) is 10.6. The van der Waals surface area contributed by atoms with Crippen LogP contribution in [0.5, 0.6) is 0 Å². The summed E-state index contributed by atoms with van der Waals surface area (Å²) < 4.78 is 0.836. The molecule has 0 radical (unpaired) electrons. The van der Waals surface area contributed by atoms with Gasteiger partial charge in [0.05, 0.1) is 5.69 Å². The molecule has 260 valence electrons. The summed E-state index contributed by atoms with van der Waals surface area (Å²) in [4.78, 5) is 46.2. The van der Waals surface area contributed by atoms with E-state index in [2.05, 4.69) is 56.1 Å². The topological polar surface area (TPSA) is 100 Å². The van der Waals surface area contributed by atoms with Crippen molar-refractivity contribution in [1.82, 2.24) is 10.3 Å². The number of benzene rings is 6. The third-order valence-electron chi connectivity index (χ3n) is 8.15. The Hall–Kier alpha value is -5.81. The van der Waals surface area contributed by atoms with Crippen LogP contribution >= 0.6 is 39.0 Å². The standard InChI is InChI=1S/C43H31BrN4O3S2/c44-34-18-9-11-28(23-34)24-37(46-40(49)31-15-5-2-6-16-31)41(50)45-35-19-10-20-36(26-35)53-39(30-13-3-1-4-14-30)42(51)48-43-47-38(27-52-43)33-22-21-29-12-7-8-17-32(29)25-33/h1-27,39H,(H,45,50)(H,46,49)(H,47,48,51)/b37-24+. The molecule has 1 unspecified atom stereocenters. The average molecular weight is 796 g/mol. The molecule has 7 aromatic rings. The molecule has 0 aliphatic carbocycles. The van der Waals surface area contributed by atoms with E-state index in [1.54, 1.807) is 36.4 Å². The zero-order chi connectivity index (χ0) is 36.6. The number of hydrogen-bond acceptors (Lipinski definition) is 6. The number of aromatic nitrogens is 1. The van der Waals surface area contributed by atoms with E-state index in [0.29, 0.717) is 16.4 Å². The van der Waals surface area contributed by atoms with Crippen LogP contribution < -0.4 is 16.0 Å². The van der Waals surface area contributed by atoms with Crippen molar-refractivity contribution >= 4 is 84.4 Å². The molecule has 0 saturated carbocycles. The van der Waals surface area contributed by atoms with Gasteiger partial charge in [0, 0.05) is 31.6 Å². The Morgan fingerprint density at radius 2 is 1.45 bits per heavy atom. The Balaban J connectivity index is 1.09. The smallest absolute Gasteiger partial charge is 0.272 e. The first-order valence-corrected chi connectivity index (χ1v) is 19.2. The zero-order valence-electron chi connectivity index (χ0n) is 28.0. The first-order chi connectivity index (χ1) is 25.9. The van der Waals surface area contributed by atoms with Crippen LogP contribution in [-0.4, -0.2) is 22.7 Å². The number of thioether (sulfide) groups is 1. The lowest BCUT2D eigenvalue weighted by Crippen LogP contribution is -2.30. The summed E-state index contributed by atoms with van der Waals surface area (Å²) in [7, 11) is 0. The molecule has 0 fully saturated rings. The van der Waals surface area contributed by atoms with Gasteiger partial charge in [0.2, 0.25) is 5.91 Å². The minimum absolute atomic E-state index is 0.0723. The molecule has 0 aliphatic heterocycles. The van der Waals surface area contributed by atoms with Crippen molar-refractivity contribution < 1.29 is 14.4 Å². The van der Waals surface area contributed by atoms with Gasteiger partial charge >= 0.3 is 0 Å². The van der Waals surface area contributed by atoms with E-state index in [0.717, 1.165) is 42.5 Å². The number of hydrogen-bond donors (Lipinski definition) is 3. The van der Waals surface area contributed by atoms with Gasteiger partial charge in [-0.05, 0) is 76.5 Å². The number of amides is 3. The largest absolute Gasteiger partial charge is 0.321 e. The van der Waals surface area contributed by atoms with Crippen LogP contribution in [-0.2, 0) is 9.59 Å². The Morgan fingerprint density at radius 1 is 0.717 bits per heavy atom. The molecule has 0 spiro atoms. The molecule has 1 heterocycles. The molecule has 1 aromatic heterocycles. The average Bonchev–Trinajstić information content (AvgIpc) is 3.65. The summed E-state index contributed by atoms with van der Waals surface area (Å²) in [6.45, 7) is 0. The van der Waals surface area contributed by atoms with Crippen molar-refractivity contribution in [2.24, 2.45) is 0 Å². The number of nitrogens with one attached hydrogen (secondary N) is 3. The van der Waals surface area contributed by atoms with Gasteiger partial charge in [-0.2, -0.15) is 0 Å². The molecular formula is C43H31BrN4O3S2. The van der Waals surface area contributed by atoms with E-state index in [1.807, 2.05) is 102 Å². The van der Waals surface area contributed by atoms with Gasteiger partial charge < -0.3 is 16.0 Å². The van der Waals surface area contributed by atoms with Crippen LogP contribution in [0.1, 0.15) is 26.7 Å². The second kappa shape index (κ2) is 16.7. The fourth-order valence-electron chi connectivity index (χ4n) is 5.57. The van der Waals surface area contributed by atoms with E-state index in [1.165, 1.54) is 23.1 Å². The second-order valence-electron chi connectivity index (χ2n) is 11.9. The molecule has 10 heteroatoms. The maximum Gasteiger partial charge on any atom is 0.272 e. The van der Waals surface area contributed by atoms with Crippen molar-refractivity contribution in [2.45, 2.75) is 10.1 Å². The van der Waals surface area contributed by atoms with Crippen molar-refractivity contribution in [3.8, 4) is 11.3 Å². The highest BCUT2D eigenvalue weighted by Crippen LogP contribution is 2.38. The Bertz CT molecular complexity index is 2450. The lowest BCUT2D eigenvalue weighted by molar-refractivity contribution is -0.116. The third-order valence-corrected chi connectivity index (χ3v) is 10.7. The highest BCUT2D eigenvalue weighted by molar-refractivity contribution is 9.10. The van der Waals surface area contributed by atoms with Crippen LogP contribution in [0.4, 0.5) is 10.8 Å². The number of anilines is 2. The van der Waals surface area contributed by atoms with E-state index in [9.17, 15) is 14.4 Å². The molecule has 1 atom stereocenters. The van der Waals surface area contributed by atoms with Gasteiger partial charge in [0.1, 0.15) is 10.9 Å². The number of nitrogens with zero attached hydrogens (tertiary/aromatic N) is 1. The van der Waals surface area contributed by atoms with Crippen molar-refractivity contribution in [3.05, 3.63) is 184 Å². The van der Waals surface area contributed by atoms with Crippen molar-refractivity contribution in [2.75, 3.05) is 10.6 Å². The number of carbonyl (C=O) groups is 3. The summed E-state index contributed by atoms with van der Waals surface area (Å²) in [6.07, 6.45) is 1.62. The van der Waals surface area contributed by atoms with Crippen LogP contribution in [0.15, 0.2) is 172 Å². The molecule has 6 aromatic carbocycles. The molecule has 0 saturated heterocycles. The minimum atomic E-state index is -0.618. The van der Waals surface area contributed by atoms with E-state index in [-0.39, 0.29) is 11.6 Å². The molecule has 0 bridgehead atoms. The zero-order valence-corrected chi connectivity index (χ0v) is 31.3. The molecule has 3 amide bonds. The molecular weight excluding hydrogens is 765 g/mol. The summed E-state index contributed by atoms with van der Waals surface area (Å²) in [5.41, 5.74) is 4.30. The molecule has 7 nitrogen and oxygen atoms in total. The number of fused-ring (bicyclic) bond motifs is 1. The second-order valence-corrected chi connectivity index (χ2v) is 14.9. The molecule has 0 aliphatic rings. The lowest BCUT2D eigenvalue weighted by atomic mass is 10.1. The quantitative estimate of drug-likeness (QED) is 0.0894. The molecule has 7 rings (SSSR count). The van der Waals surface area contributed by atoms with Gasteiger partial charge in [-0.15, -0.1) is 23.1 Å². The number of carbonyl (C=O) groups excluding carboxylic acids is 3. The number of halogens is 1. The van der Waals surface area contributed by atoms with Gasteiger partial charge in [0.15, 0.2) is 5.13 Å². The lowest BCUT2D eigenvalue weighted by Gasteiger charge is -2.17. The fraction of sp³-hybridized carbons (Fsp3) is 0.0233. The highest BCUT2D eigenvalue weighted by atomic mass is 79.9. The van der Waals surface area contributed by atoms with Crippen LogP contribution in [0.3, 0.4) is 0 Å². The first kappa shape index (κ1) is 35.6. The Labute approximate surface area is 323 Å². The number of thiazole rings is 1. The summed E-state index contributed by atoms with van der Waals surface area (Å²) in [6, 6.07) is 47.3. The summed E-state index contributed by atoms with van der Waals surface area (Å²) in [5, 5.41) is 12.8. The summed E-state index contributed by atoms with van der Waals surface area (Å²) in [5.74, 6) is -1.13.